The Morgan fingerprint density at radius 1 is 1.26 bits per heavy atom. The number of fused-ring (bicyclic) bond motifs is 2. The monoisotopic (exact) mass is 261 g/mol. The number of carboxylic acids is 1. The van der Waals surface area contributed by atoms with Gasteiger partial charge in [-0.1, -0.05) is 23.8 Å². The van der Waals surface area contributed by atoms with E-state index in [0.29, 0.717) is 6.54 Å². The number of amides is 1. The van der Waals surface area contributed by atoms with Gasteiger partial charge in [0.15, 0.2) is 0 Å². The number of allylic oxidation sites excluding steroid dienone is 2. The van der Waals surface area contributed by atoms with Crippen molar-refractivity contribution in [3.8, 4) is 0 Å². The molecule has 102 valence electrons. The molecule has 0 aromatic rings. The second kappa shape index (κ2) is 4.51. The number of rotatable bonds is 2. The van der Waals surface area contributed by atoms with Crippen molar-refractivity contribution >= 4 is 11.9 Å². The molecule has 0 aromatic carbocycles. The van der Waals surface area contributed by atoms with Crippen molar-refractivity contribution in [1.82, 2.24) is 4.90 Å². The Bertz CT molecular complexity index is 480. The lowest BCUT2D eigenvalue weighted by molar-refractivity contribution is -0.150. The Labute approximate surface area is 112 Å². The van der Waals surface area contributed by atoms with Gasteiger partial charge >= 0.3 is 5.97 Å². The van der Waals surface area contributed by atoms with Crippen molar-refractivity contribution in [1.29, 1.82) is 0 Å². The van der Waals surface area contributed by atoms with E-state index in [-0.39, 0.29) is 23.7 Å². The quantitative estimate of drug-likeness (QED) is 0.769. The highest BCUT2D eigenvalue weighted by Gasteiger charge is 2.52. The van der Waals surface area contributed by atoms with Gasteiger partial charge in [0.05, 0.1) is 11.8 Å². The van der Waals surface area contributed by atoms with E-state index in [1.54, 1.807) is 0 Å². The maximum Gasteiger partial charge on any atom is 0.307 e. The van der Waals surface area contributed by atoms with Gasteiger partial charge in [-0.3, -0.25) is 9.59 Å². The van der Waals surface area contributed by atoms with Gasteiger partial charge in [-0.15, -0.1) is 0 Å². The fraction of sp³-hybridized carbons (Fsp3) is 0.600. The Hall–Kier alpha value is -1.58. The van der Waals surface area contributed by atoms with Gasteiger partial charge in [-0.25, -0.2) is 0 Å². The zero-order chi connectivity index (χ0) is 13.6. The van der Waals surface area contributed by atoms with Gasteiger partial charge in [0.2, 0.25) is 5.91 Å². The number of hydrogen-bond donors (Lipinski definition) is 1. The van der Waals surface area contributed by atoms with Crippen LogP contribution in [0, 0.1) is 23.7 Å². The summed E-state index contributed by atoms with van der Waals surface area (Å²) in [5.41, 5.74) is 1.20. The van der Waals surface area contributed by atoms with E-state index >= 15 is 0 Å². The summed E-state index contributed by atoms with van der Waals surface area (Å²) < 4.78 is 0. The van der Waals surface area contributed by atoms with Crippen molar-refractivity contribution in [2.45, 2.75) is 19.8 Å². The van der Waals surface area contributed by atoms with Gasteiger partial charge < -0.3 is 10.0 Å². The average Bonchev–Trinajstić information content (AvgIpc) is 2.97. The Morgan fingerprint density at radius 3 is 2.58 bits per heavy atom. The molecule has 1 aliphatic heterocycles. The summed E-state index contributed by atoms with van der Waals surface area (Å²) in [6.07, 6.45) is 7.88. The third-order valence-corrected chi connectivity index (χ3v) is 4.67. The van der Waals surface area contributed by atoms with Crippen LogP contribution >= 0.6 is 0 Å². The highest BCUT2D eigenvalue weighted by molar-refractivity contribution is 5.87. The number of nitrogens with zero attached hydrogens (tertiary/aromatic N) is 1. The third kappa shape index (κ3) is 1.99. The van der Waals surface area contributed by atoms with E-state index < -0.39 is 11.9 Å². The standard InChI is InChI=1S/C15H19NO3/c1-9-3-2-6-16(8-9)14(17)12-10-4-5-11(7-10)13(12)15(18)19/h3-5,10-13H,2,6-8H2,1H3,(H,18,19). The molecule has 0 aromatic heterocycles. The maximum absolute atomic E-state index is 12.7. The van der Waals surface area contributed by atoms with Crippen LogP contribution in [0.4, 0.5) is 0 Å². The minimum absolute atomic E-state index is 0.0386. The molecule has 1 amide bonds. The molecule has 1 N–H and O–H groups in total. The minimum atomic E-state index is -0.820. The van der Waals surface area contributed by atoms with Crippen LogP contribution in [0.2, 0.25) is 0 Å². The highest BCUT2D eigenvalue weighted by atomic mass is 16.4. The number of carbonyl (C=O) groups is 2. The van der Waals surface area contributed by atoms with E-state index in [9.17, 15) is 14.7 Å². The molecule has 0 radical (unpaired) electrons. The first kappa shape index (κ1) is 12.5. The molecule has 1 heterocycles. The van der Waals surface area contributed by atoms with Crippen LogP contribution in [-0.2, 0) is 9.59 Å². The van der Waals surface area contributed by atoms with Crippen LogP contribution in [0.25, 0.3) is 0 Å². The molecule has 3 aliphatic rings. The van der Waals surface area contributed by atoms with E-state index in [0.717, 1.165) is 19.4 Å². The summed E-state index contributed by atoms with van der Waals surface area (Å²) in [5.74, 6) is -1.47. The van der Waals surface area contributed by atoms with E-state index in [4.69, 9.17) is 0 Å². The van der Waals surface area contributed by atoms with Crippen LogP contribution in [-0.4, -0.2) is 35.0 Å². The molecule has 1 saturated carbocycles. The summed E-state index contributed by atoms with van der Waals surface area (Å²) in [6.45, 7) is 3.40. The van der Waals surface area contributed by atoms with Crippen molar-refractivity contribution in [2.75, 3.05) is 13.1 Å². The Morgan fingerprint density at radius 2 is 1.95 bits per heavy atom. The number of aliphatic carboxylic acids is 1. The topological polar surface area (TPSA) is 57.6 Å². The molecule has 4 nitrogen and oxygen atoms in total. The molecule has 0 saturated heterocycles. The zero-order valence-electron chi connectivity index (χ0n) is 11.1. The third-order valence-electron chi connectivity index (χ3n) is 4.67. The molecule has 2 bridgehead atoms. The van der Waals surface area contributed by atoms with Crippen molar-refractivity contribution in [2.24, 2.45) is 23.7 Å². The molecule has 3 rings (SSSR count). The molecule has 19 heavy (non-hydrogen) atoms. The summed E-state index contributed by atoms with van der Waals surface area (Å²) in [5, 5.41) is 9.39. The van der Waals surface area contributed by atoms with Gasteiger partial charge in [-0.05, 0) is 31.6 Å². The lowest BCUT2D eigenvalue weighted by atomic mass is 9.82. The number of carbonyl (C=O) groups excluding carboxylic acids is 1. The predicted molar refractivity (Wildman–Crippen MR) is 70.3 cm³/mol. The molecule has 2 aliphatic carbocycles. The SMILES string of the molecule is CC1=CCCN(C(=O)C2C3C=CC(C3)C2C(=O)O)C1. The highest BCUT2D eigenvalue weighted by Crippen LogP contribution is 2.48. The van der Waals surface area contributed by atoms with E-state index in [1.807, 2.05) is 24.0 Å². The molecule has 4 atom stereocenters. The fourth-order valence-electron chi connectivity index (χ4n) is 3.81. The fourth-order valence-corrected chi connectivity index (χ4v) is 3.81. The first-order chi connectivity index (χ1) is 9.08. The van der Waals surface area contributed by atoms with Crippen LogP contribution in [0.15, 0.2) is 23.8 Å². The Kier molecular flexibility index (Phi) is 2.96. The van der Waals surface area contributed by atoms with Crippen molar-refractivity contribution < 1.29 is 14.7 Å². The van der Waals surface area contributed by atoms with Gasteiger partial charge in [-0.2, -0.15) is 0 Å². The normalized spacial score (nSPS) is 36.5. The molecular weight excluding hydrogens is 242 g/mol. The maximum atomic E-state index is 12.7. The summed E-state index contributed by atoms with van der Waals surface area (Å²) in [4.78, 5) is 25.9. The Balaban J connectivity index is 1.81. The molecule has 4 heteroatoms. The summed E-state index contributed by atoms with van der Waals surface area (Å²) in [6, 6.07) is 0. The van der Waals surface area contributed by atoms with Gasteiger partial charge in [0, 0.05) is 13.1 Å². The summed E-state index contributed by atoms with van der Waals surface area (Å²) >= 11 is 0. The molecule has 1 fully saturated rings. The average molecular weight is 261 g/mol. The summed E-state index contributed by atoms with van der Waals surface area (Å²) in [7, 11) is 0. The van der Waals surface area contributed by atoms with E-state index in [2.05, 4.69) is 6.08 Å². The van der Waals surface area contributed by atoms with Crippen LogP contribution < -0.4 is 0 Å². The number of hydrogen-bond acceptors (Lipinski definition) is 2. The lowest BCUT2D eigenvalue weighted by Gasteiger charge is -2.32. The largest absolute Gasteiger partial charge is 0.481 e. The smallest absolute Gasteiger partial charge is 0.307 e. The lowest BCUT2D eigenvalue weighted by Crippen LogP contribution is -2.44. The van der Waals surface area contributed by atoms with Crippen LogP contribution in [0.5, 0.6) is 0 Å². The molecular formula is C15H19NO3. The van der Waals surface area contributed by atoms with Gasteiger partial charge in [0.1, 0.15) is 0 Å². The minimum Gasteiger partial charge on any atom is -0.481 e. The zero-order valence-corrected chi connectivity index (χ0v) is 11.1. The second-order valence-electron chi connectivity index (χ2n) is 5.94. The van der Waals surface area contributed by atoms with Gasteiger partial charge in [0.25, 0.3) is 0 Å². The van der Waals surface area contributed by atoms with Crippen molar-refractivity contribution in [3.63, 3.8) is 0 Å². The van der Waals surface area contributed by atoms with Crippen LogP contribution in [0.3, 0.4) is 0 Å². The first-order valence-corrected chi connectivity index (χ1v) is 6.93. The predicted octanol–water partition coefficient (Wildman–Crippen LogP) is 1.69. The molecule has 4 unspecified atom stereocenters. The second-order valence-corrected chi connectivity index (χ2v) is 5.94. The van der Waals surface area contributed by atoms with Crippen LogP contribution in [0.1, 0.15) is 19.8 Å². The first-order valence-electron chi connectivity index (χ1n) is 6.93. The molecule has 0 spiro atoms. The van der Waals surface area contributed by atoms with E-state index in [1.165, 1.54) is 5.57 Å². The van der Waals surface area contributed by atoms with Crippen molar-refractivity contribution in [3.05, 3.63) is 23.8 Å². The number of carboxylic acid groups (broad SMARTS) is 1.